The minimum Gasteiger partial charge on any atom is -0.454 e. The van der Waals surface area contributed by atoms with Crippen LogP contribution in [-0.4, -0.2) is 23.3 Å². The largest absolute Gasteiger partial charge is 0.454 e. The first-order valence-electron chi connectivity index (χ1n) is 11.3. The lowest BCUT2D eigenvalue weighted by molar-refractivity contribution is -0.147. The predicted molar refractivity (Wildman–Crippen MR) is 126 cm³/mol. The van der Waals surface area contributed by atoms with Gasteiger partial charge >= 0.3 is 5.97 Å². The molecule has 4 bridgehead atoms. The number of para-hydroxylation sites is 1. The molecule has 2 heterocycles. The highest BCUT2D eigenvalue weighted by atomic mass is 35.5. The molecule has 0 atom stereocenters. The van der Waals surface area contributed by atoms with Crippen LogP contribution in [0.15, 0.2) is 42.5 Å². The minimum atomic E-state index is -0.467. The molecule has 0 aliphatic heterocycles. The molecular weight excluding hydrogens is 442 g/mol. The summed E-state index contributed by atoms with van der Waals surface area (Å²) in [5.41, 5.74) is 1.58. The predicted octanol–water partition coefficient (Wildman–Crippen LogP) is 6.56. The average Bonchev–Trinajstić information content (AvgIpc) is 3.22. The van der Waals surface area contributed by atoms with E-state index in [-0.39, 0.29) is 17.8 Å². The van der Waals surface area contributed by atoms with Crippen LogP contribution in [0.3, 0.4) is 0 Å². The zero-order valence-corrected chi connectivity index (χ0v) is 19.3. The van der Waals surface area contributed by atoms with Crippen LogP contribution < -0.4 is 0 Å². The van der Waals surface area contributed by atoms with Crippen LogP contribution in [0.25, 0.3) is 21.5 Å². The first-order valence-corrected chi connectivity index (χ1v) is 12.5. The smallest absolute Gasteiger partial charge is 0.339 e. The number of hydrogen-bond donors (Lipinski definition) is 0. The van der Waals surface area contributed by atoms with Crippen molar-refractivity contribution in [3.8, 4) is 10.6 Å². The molecule has 4 aliphatic rings. The Labute approximate surface area is 195 Å². The van der Waals surface area contributed by atoms with Gasteiger partial charge in [-0.25, -0.2) is 9.78 Å². The molecule has 0 saturated heterocycles. The lowest BCUT2D eigenvalue weighted by Crippen LogP contribution is -2.51. The molecule has 7 rings (SSSR count). The molecule has 2 aromatic heterocycles. The number of nitrogens with zero attached hydrogens (tertiary/aromatic N) is 1. The standard InChI is InChI=1S/C26H24ClNO3S/c27-24-6-5-22(32-24)21-10-19(18-3-1-2-4-20(18)28-21)25(30)31-14-23(29)26-11-15-7-16(12-26)9-17(8-15)13-26/h1-6,10,15-17H,7-9,11-14H2. The molecule has 4 aliphatic carbocycles. The number of carbonyl (C=O) groups is 2. The van der Waals surface area contributed by atoms with Crippen LogP contribution in [0.1, 0.15) is 48.9 Å². The lowest BCUT2D eigenvalue weighted by atomic mass is 9.48. The number of esters is 1. The molecule has 6 heteroatoms. The number of thiophene rings is 1. The Balaban J connectivity index is 1.26. The van der Waals surface area contributed by atoms with Crippen LogP contribution in [-0.2, 0) is 9.53 Å². The summed E-state index contributed by atoms with van der Waals surface area (Å²) >= 11 is 7.52. The zero-order chi connectivity index (χ0) is 21.9. The number of Topliss-reactive ketones (excluding diaryl/α,β-unsaturated/α-hetero) is 1. The van der Waals surface area contributed by atoms with Gasteiger partial charge in [0.15, 0.2) is 12.4 Å². The molecule has 4 nitrogen and oxygen atoms in total. The number of aromatic nitrogens is 1. The third-order valence-corrected chi connectivity index (χ3v) is 8.98. The fourth-order valence-corrected chi connectivity index (χ4v) is 7.74. The number of rotatable bonds is 5. The van der Waals surface area contributed by atoms with E-state index in [1.54, 1.807) is 6.07 Å². The molecule has 0 N–H and O–H groups in total. The number of hydrogen-bond acceptors (Lipinski definition) is 5. The van der Waals surface area contributed by atoms with Crippen molar-refractivity contribution in [2.24, 2.45) is 23.2 Å². The van der Waals surface area contributed by atoms with E-state index in [1.165, 1.54) is 30.6 Å². The molecule has 3 aromatic rings. The van der Waals surface area contributed by atoms with Crippen molar-refractivity contribution in [1.29, 1.82) is 0 Å². The van der Waals surface area contributed by atoms with E-state index in [4.69, 9.17) is 21.3 Å². The average molecular weight is 466 g/mol. The zero-order valence-electron chi connectivity index (χ0n) is 17.7. The monoisotopic (exact) mass is 465 g/mol. The van der Waals surface area contributed by atoms with Crippen molar-refractivity contribution >= 4 is 45.6 Å². The van der Waals surface area contributed by atoms with Crippen molar-refractivity contribution < 1.29 is 14.3 Å². The Morgan fingerprint density at radius 3 is 2.38 bits per heavy atom. The highest BCUT2D eigenvalue weighted by Crippen LogP contribution is 2.60. The SMILES string of the molecule is O=C(OCC(=O)C12CC3CC(CC(C3)C1)C2)c1cc(-c2ccc(Cl)s2)nc2ccccc12. The fourth-order valence-electron chi connectivity index (χ4n) is 6.74. The summed E-state index contributed by atoms with van der Waals surface area (Å²) in [5.74, 6) is 1.71. The first kappa shape index (κ1) is 20.4. The van der Waals surface area contributed by atoms with Gasteiger partial charge in [-0.2, -0.15) is 0 Å². The summed E-state index contributed by atoms with van der Waals surface area (Å²) in [6, 6.07) is 13.0. The summed E-state index contributed by atoms with van der Waals surface area (Å²) in [5, 5.41) is 0.728. The van der Waals surface area contributed by atoms with Gasteiger partial charge < -0.3 is 4.74 Å². The quantitative estimate of drug-likeness (QED) is 0.400. The summed E-state index contributed by atoms with van der Waals surface area (Å²) in [6.07, 6.45) is 6.80. The van der Waals surface area contributed by atoms with Crippen LogP contribution in [0, 0.1) is 23.2 Å². The topological polar surface area (TPSA) is 56.3 Å². The second-order valence-electron chi connectivity index (χ2n) is 9.87. The van der Waals surface area contributed by atoms with E-state index in [0.717, 1.165) is 29.5 Å². The normalized spacial score (nSPS) is 28.2. The van der Waals surface area contributed by atoms with Crippen molar-refractivity contribution in [2.75, 3.05) is 6.61 Å². The van der Waals surface area contributed by atoms with E-state index in [2.05, 4.69) is 0 Å². The number of ether oxygens (including phenoxy) is 1. The Hall–Kier alpha value is -2.24. The Kier molecular flexibility index (Phi) is 4.88. The lowest BCUT2D eigenvalue weighted by Gasteiger charge is -2.55. The van der Waals surface area contributed by atoms with E-state index in [1.807, 2.05) is 36.4 Å². The van der Waals surface area contributed by atoms with Crippen molar-refractivity contribution in [3.05, 3.63) is 52.4 Å². The Morgan fingerprint density at radius 1 is 1.03 bits per heavy atom. The number of pyridine rings is 1. The van der Waals surface area contributed by atoms with Gasteiger partial charge in [0.1, 0.15) is 0 Å². The van der Waals surface area contributed by atoms with Gasteiger partial charge in [-0.05, 0) is 80.5 Å². The molecule has 0 unspecified atom stereocenters. The molecule has 1 aromatic carbocycles. The van der Waals surface area contributed by atoms with Crippen LogP contribution in [0.4, 0.5) is 0 Å². The van der Waals surface area contributed by atoms with Crippen molar-refractivity contribution in [3.63, 3.8) is 0 Å². The molecular formula is C26H24ClNO3S. The third-order valence-electron chi connectivity index (χ3n) is 7.73. The summed E-state index contributed by atoms with van der Waals surface area (Å²) in [7, 11) is 0. The highest BCUT2D eigenvalue weighted by Gasteiger charge is 2.54. The van der Waals surface area contributed by atoms with E-state index >= 15 is 0 Å². The van der Waals surface area contributed by atoms with Gasteiger partial charge in [-0.1, -0.05) is 29.8 Å². The number of benzene rings is 1. The van der Waals surface area contributed by atoms with Gasteiger partial charge in [0, 0.05) is 10.8 Å². The summed E-state index contributed by atoms with van der Waals surface area (Å²) in [6.45, 7) is -0.137. The molecule has 0 spiro atoms. The maximum atomic E-state index is 13.3. The Morgan fingerprint density at radius 2 is 1.72 bits per heavy atom. The van der Waals surface area contributed by atoms with Gasteiger partial charge in [-0.3, -0.25) is 4.79 Å². The van der Waals surface area contributed by atoms with Gasteiger partial charge in [-0.15, -0.1) is 11.3 Å². The van der Waals surface area contributed by atoms with Crippen LogP contribution in [0.5, 0.6) is 0 Å². The molecule has 4 saturated carbocycles. The summed E-state index contributed by atoms with van der Waals surface area (Å²) in [4.78, 5) is 32.0. The van der Waals surface area contributed by atoms with Gasteiger partial charge in [0.2, 0.25) is 0 Å². The molecule has 32 heavy (non-hydrogen) atoms. The second kappa shape index (κ2) is 7.67. The maximum Gasteiger partial charge on any atom is 0.339 e. The van der Waals surface area contributed by atoms with Crippen molar-refractivity contribution in [2.45, 2.75) is 38.5 Å². The maximum absolute atomic E-state index is 13.3. The van der Waals surface area contributed by atoms with E-state index in [0.29, 0.717) is 38.9 Å². The molecule has 0 amide bonds. The number of carbonyl (C=O) groups excluding carboxylic acids is 2. The molecule has 164 valence electrons. The van der Waals surface area contributed by atoms with Crippen LogP contribution in [0.2, 0.25) is 4.34 Å². The summed E-state index contributed by atoms with van der Waals surface area (Å²) < 4.78 is 6.31. The highest BCUT2D eigenvalue weighted by molar-refractivity contribution is 7.19. The van der Waals surface area contributed by atoms with Gasteiger partial charge in [0.05, 0.1) is 26.0 Å². The van der Waals surface area contributed by atoms with E-state index in [9.17, 15) is 9.59 Å². The van der Waals surface area contributed by atoms with Crippen LogP contribution >= 0.6 is 22.9 Å². The third kappa shape index (κ3) is 3.46. The molecule has 0 radical (unpaired) electrons. The van der Waals surface area contributed by atoms with Gasteiger partial charge in [0.25, 0.3) is 0 Å². The number of ketones is 1. The first-order chi connectivity index (χ1) is 15.5. The van der Waals surface area contributed by atoms with Crippen molar-refractivity contribution in [1.82, 2.24) is 4.98 Å². The van der Waals surface area contributed by atoms with E-state index < -0.39 is 5.97 Å². The Bertz CT molecular complexity index is 1200. The number of halogens is 1. The fraction of sp³-hybridized carbons (Fsp3) is 0.423. The molecule has 4 fully saturated rings. The number of fused-ring (bicyclic) bond motifs is 1. The minimum absolute atomic E-state index is 0.119. The second-order valence-corrected chi connectivity index (χ2v) is 11.6.